The van der Waals surface area contributed by atoms with Gasteiger partial charge in [-0.2, -0.15) is 0 Å². The van der Waals surface area contributed by atoms with Crippen LogP contribution in [-0.2, 0) is 19.9 Å². The number of aromatic nitrogens is 2. The highest BCUT2D eigenvalue weighted by Gasteiger charge is 2.31. The van der Waals surface area contributed by atoms with Gasteiger partial charge >= 0.3 is 5.97 Å². The van der Waals surface area contributed by atoms with Crippen LogP contribution in [0.1, 0.15) is 47.5 Å². The van der Waals surface area contributed by atoms with E-state index in [1.165, 1.54) is 13.4 Å². The highest BCUT2D eigenvalue weighted by Crippen LogP contribution is 2.19. The summed E-state index contributed by atoms with van der Waals surface area (Å²) >= 11 is 0. The van der Waals surface area contributed by atoms with Crippen LogP contribution in [0.5, 0.6) is 0 Å². The van der Waals surface area contributed by atoms with Crippen molar-refractivity contribution in [2.75, 3.05) is 19.0 Å². The van der Waals surface area contributed by atoms with E-state index in [0.717, 1.165) is 6.42 Å². The van der Waals surface area contributed by atoms with E-state index in [4.69, 9.17) is 4.74 Å². The summed E-state index contributed by atoms with van der Waals surface area (Å²) in [6.07, 6.45) is 4.04. The number of carbonyl (C=O) groups is 2. The predicted octanol–water partition coefficient (Wildman–Crippen LogP) is 1.50. The fourth-order valence-corrected chi connectivity index (χ4v) is 2.37. The Hall–Kier alpha value is -1.93. The van der Waals surface area contributed by atoms with Gasteiger partial charge in [-0.15, -0.1) is 0 Å². The first-order valence-electron chi connectivity index (χ1n) is 8.98. The first kappa shape index (κ1) is 22.1. The molecule has 0 radical (unpaired) electrons. The molecule has 8 heteroatoms. The van der Waals surface area contributed by atoms with Crippen molar-refractivity contribution >= 4 is 17.7 Å². The number of hydrogen-bond acceptors (Lipinski definition) is 6. The van der Waals surface area contributed by atoms with E-state index in [1.54, 1.807) is 24.6 Å². The SMILES string of the molecule is CCCC(NCC(O)C(C)C)C(=O)Nc1cn(C(C)(C)C(=O)OC)cn1. The number of ether oxygens (including phenoxy) is 1. The molecule has 0 aliphatic rings. The van der Waals surface area contributed by atoms with Gasteiger partial charge in [-0.3, -0.25) is 4.79 Å². The maximum absolute atomic E-state index is 12.5. The number of aliphatic hydroxyl groups is 1. The van der Waals surface area contributed by atoms with Crippen LogP contribution in [0.3, 0.4) is 0 Å². The van der Waals surface area contributed by atoms with Crippen molar-refractivity contribution in [1.29, 1.82) is 0 Å². The summed E-state index contributed by atoms with van der Waals surface area (Å²) < 4.78 is 6.39. The van der Waals surface area contributed by atoms with Gasteiger partial charge in [0, 0.05) is 12.7 Å². The molecule has 0 saturated heterocycles. The summed E-state index contributed by atoms with van der Waals surface area (Å²) in [7, 11) is 1.33. The average Bonchev–Trinajstić information content (AvgIpc) is 3.06. The molecule has 1 aromatic heterocycles. The fraction of sp³-hybridized carbons (Fsp3) is 0.722. The Balaban J connectivity index is 2.76. The molecule has 2 unspecified atom stereocenters. The first-order chi connectivity index (χ1) is 12.1. The minimum atomic E-state index is -0.923. The van der Waals surface area contributed by atoms with Gasteiger partial charge in [0.2, 0.25) is 5.91 Å². The lowest BCUT2D eigenvalue weighted by Gasteiger charge is -2.23. The van der Waals surface area contributed by atoms with Gasteiger partial charge in [-0.25, -0.2) is 9.78 Å². The zero-order valence-electron chi connectivity index (χ0n) is 16.6. The highest BCUT2D eigenvalue weighted by atomic mass is 16.5. The van der Waals surface area contributed by atoms with Crippen molar-refractivity contribution in [3.63, 3.8) is 0 Å². The second kappa shape index (κ2) is 9.68. The molecule has 148 valence electrons. The zero-order valence-corrected chi connectivity index (χ0v) is 16.6. The maximum atomic E-state index is 12.5. The van der Waals surface area contributed by atoms with E-state index in [0.29, 0.717) is 18.8 Å². The fourth-order valence-electron chi connectivity index (χ4n) is 2.37. The minimum absolute atomic E-state index is 0.115. The van der Waals surface area contributed by atoms with Crippen molar-refractivity contribution in [3.05, 3.63) is 12.5 Å². The number of imidazole rings is 1. The quantitative estimate of drug-likeness (QED) is 0.541. The minimum Gasteiger partial charge on any atom is -0.467 e. The predicted molar refractivity (Wildman–Crippen MR) is 99.7 cm³/mol. The Morgan fingerprint density at radius 3 is 2.58 bits per heavy atom. The van der Waals surface area contributed by atoms with E-state index in [2.05, 4.69) is 15.6 Å². The van der Waals surface area contributed by atoms with Crippen LogP contribution in [0.2, 0.25) is 0 Å². The molecule has 0 fully saturated rings. The number of aliphatic hydroxyl groups excluding tert-OH is 1. The van der Waals surface area contributed by atoms with Gasteiger partial charge in [0.15, 0.2) is 5.82 Å². The molecule has 0 aliphatic carbocycles. The summed E-state index contributed by atoms with van der Waals surface area (Å²) in [6.45, 7) is 9.61. The number of amides is 1. The highest BCUT2D eigenvalue weighted by molar-refractivity contribution is 5.94. The van der Waals surface area contributed by atoms with Crippen LogP contribution in [0.15, 0.2) is 12.5 Å². The molecule has 8 nitrogen and oxygen atoms in total. The first-order valence-corrected chi connectivity index (χ1v) is 8.98. The number of esters is 1. The Kier molecular flexibility index (Phi) is 8.23. The van der Waals surface area contributed by atoms with Crippen molar-refractivity contribution < 1.29 is 19.4 Å². The number of anilines is 1. The van der Waals surface area contributed by atoms with Crippen LogP contribution in [0, 0.1) is 5.92 Å². The van der Waals surface area contributed by atoms with Crippen LogP contribution >= 0.6 is 0 Å². The third kappa shape index (κ3) is 5.81. The number of hydrogen-bond donors (Lipinski definition) is 3. The van der Waals surface area contributed by atoms with Crippen LogP contribution < -0.4 is 10.6 Å². The summed E-state index contributed by atoms with van der Waals surface area (Å²) in [6, 6.07) is -0.424. The van der Waals surface area contributed by atoms with E-state index in [9.17, 15) is 14.7 Å². The summed E-state index contributed by atoms with van der Waals surface area (Å²) in [4.78, 5) is 28.6. The second-order valence-electron chi connectivity index (χ2n) is 7.27. The molecule has 1 amide bonds. The van der Waals surface area contributed by atoms with E-state index < -0.39 is 23.7 Å². The monoisotopic (exact) mass is 368 g/mol. The normalized spacial score (nSPS) is 14.2. The number of nitrogens with one attached hydrogen (secondary N) is 2. The molecule has 0 aliphatic heterocycles. The van der Waals surface area contributed by atoms with E-state index >= 15 is 0 Å². The van der Waals surface area contributed by atoms with Gasteiger partial charge in [0.25, 0.3) is 0 Å². The average molecular weight is 368 g/mol. The lowest BCUT2D eigenvalue weighted by molar-refractivity contribution is -0.149. The number of methoxy groups -OCH3 is 1. The summed E-state index contributed by atoms with van der Waals surface area (Å²) in [5, 5.41) is 15.8. The zero-order chi connectivity index (χ0) is 19.9. The molecule has 1 heterocycles. The third-order valence-electron chi connectivity index (χ3n) is 4.40. The lowest BCUT2D eigenvalue weighted by atomic mass is 10.1. The molecule has 0 spiro atoms. The van der Waals surface area contributed by atoms with Gasteiger partial charge in [-0.05, 0) is 26.2 Å². The Labute approximate surface area is 155 Å². The smallest absolute Gasteiger partial charge is 0.331 e. The van der Waals surface area contributed by atoms with E-state index in [-0.39, 0.29) is 11.8 Å². The molecule has 1 rings (SSSR count). The van der Waals surface area contributed by atoms with Crippen molar-refractivity contribution in [2.24, 2.45) is 5.92 Å². The standard InChI is InChI=1S/C18H32N4O4/c1-7-8-13(19-9-14(23)12(2)3)16(24)21-15-10-22(11-20-15)18(4,5)17(25)26-6/h10-14,19,23H,7-9H2,1-6H3,(H,21,24). The van der Waals surface area contributed by atoms with Gasteiger partial charge in [-0.1, -0.05) is 27.2 Å². The van der Waals surface area contributed by atoms with Gasteiger partial charge < -0.3 is 25.0 Å². The molecule has 26 heavy (non-hydrogen) atoms. The largest absolute Gasteiger partial charge is 0.467 e. The third-order valence-corrected chi connectivity index (χ3v) is 4.40. The molecule has 3 N–H and O–H groups in total. The number of carbonyl (C=O) groups excluding carboxylic acids is 2. The molecule has 0 aromatic carbocycles. The summed E-state index contributed by atoms with van der Waals surface area (Å²) in [5.74, 6) is -0.145. The molecular weight excluding hydrogens is 336 g/mol. The van der Waals surface area contributed by atoms with Crippen LogP contribution in [0.25, 0.3) is 0 Å². The lowest BCUT2D eigenvalue weighted by Crippen LogP contribution is -2.44. The Morgan fingerprint density at radius 2 is 2.04 bits per heavy atom. The molecule has 2 atom stereocenters. The maximum Gasteiger partial charge on any atom is 0.331 e. The number of nitrogens with zero attached hydrogens (tertiary/aromatic N) is 2. The number of rotatable bonds is 10. The van der Waals surface area contributed by atoms with Crippen molar-refractivity contribution in [1.82, 2.24) is 14.9 Å². The molecular formula is C18H32N4O4. The Morgan fingerprint density at radius 1 is 1.38 bits per heavy atom. The van der Waals surface area contributed by atoms with Crippen molar-refractivity contribution in [2.45, 2.75) is 65.1 Å². The Bertz CT molecular complexity index is 598. The second-order valence-corrected chi connectivity index (χ2v) is 7.27. The topological polar surface area (TPSA) is 105 Å². The van der Waals surface area contributed by atoms with Crippen LogP contribution in [-0.4, -0.2) is 52.3 Å². The molecule has 0 bridgehead atoms. The van der Waals surface area contributed by atoms with Gasteiger partial charge in [0.1, 0.15) is 5.54 Å². The molecule has 0 saturated carbocycles. The van der Waals surface area contributed by atoms with Crippen molar-refractivity contribution in [3.8, 4) is 0 Å². The summed E-state index contributed by atoms with van der Waals surface area (Å²) in [5.41, 5.74) is -0.923. The van der Waals surface area contributed by atoms with Crippen LogP contribution in [0.4, 0.5) is 5.82 Å². The van der Waals surface area contributed by atoms with Gasteiger partial charge in [0.05, 0.1) is 25.6 Å². The molecule has 1 aromatic rings. The van der Waals surface area contributed by atoms with E-state index in [1.807, 2.05) is 20.8 Å².